The lowest BCUT2D eigenvalue weighted by Gasteiger charge is -2.12. The summed E-state index contributed by atoms with van der Waals surface area (Å²) in [4.78, 5) is 0. The lowest BCUT2D eigenvalue weighted by Crippen LogP contribution is -2.01. The van der Waals surface area contributed by atoms with Gasteiger partial charge in [-0.25, -0.2) is 0 Å². The Morgan fingerprint density at radius 1 is 1.00 bits per heavy atom. The maximum Gasteiger partial charge on any atom is 0.161 e. The minimum absolute atomic E-state index is 0.240. The van der Waals surface area contributed by atoms with E-state index < -0.39 is 0 Å². The number of benzene rings is 2. The van der Waals surface area contributed by atoms with Gasteiger partial charge in [-0.3, -0.25) is 0 Å². The number of ether oxygens (including phenoxy) is 2. The Kier molecular flexibility index (Phi) is 6.28. The molecule has 0 aliphatic heterocycles. The van der Waals surface area contributed by atoms with E-state index in [2.05, 4.69) is 6.07 Å². The molecule has 0 amide bonds. The van der Waals surface area contributed by atoms with Gasteiger partial charge in [-0.1, -0.05) is 36.4 Å². The molecule has 0 saturated carbocycles. The van der Waals surface area contributed by atoms with Crippen molar-refractivity contribution < 1.29 is 14.6 Å². The molecular weight excluding hydrogens is 276 g/mol. The molecule has 118 valence electrons. The van der Waals surface area contributed by atoms with Gasteiger partial charge < -0.3 is 14.6 Å². The average molecular weight is 300 g/mol. The highest BCUT2D eigenvalue weighted by molar-refractivity contribution is 5.43. The fourth-order valence-corrected chi connectivity index (χ4v) is 2.32. The number of aliphatic hydroxyl groups excluding tert-OH is 1. The molecule has 1 atom stereocenters. The van der Waals surface area contributed by atoms with Crippen LogP contribution in [-0.4, -0.2) is 18.3 Å². The lowest BCUT2D eigenvalue weighted by atomic mass is 10.1. The molecule has 0 heterocycles. The van der Waals surface area contributed by atoms with Gasteiger partial charge in [0.15, 0.2) is 11.5 Å². The molecule has 0 fully saturated rings. The minimum Gasteiger partial charge on any atom is -0.493 e. The van der Waals surface area contributed by atoms with Crippen molar-refractivity contribution in [2.24, 2.45) is 0 Å². The summed E-state index contributed by atoms with van der Waals surface area (Å²) in [6, 6.07) is 16.1. The van der Waals surface area contributed by atoms with Crippen molar-refractivity contribution in [1.29, 1.82) is 0 Å². The molecule has 0 aliphatic carbocycles. The summed E-state index contributed by atoms with van der Waals surface area (Å²) >= 11 is 0. The maximum atomic E-state index is 9.31. The first-order valence-electron chi connectivity index (χ1n) is 7.70. The van der Waals surface area contributed by atoms with Crippen LogP contribution < -0.4 is 9.47 Å². The lowest BCUT2D eigenvalue weighted by molar-refractivity contribution is 0.181. The molecule has 22 heavy (non-hydrogen) atoms. The molecule has 2 aromatic rings. The first-order chi connectivity index (χ1) is 10.7. The van der Waals surface area contributed by atoms with Crippen LogP contribution >= 0.6 is 0 Å². The summed E-state index contributed by atoms with van der Waals surface area (Å²) in [5, 5.41) is 9.31. The van der Waals surface area contributed by atoms with Gasteiger partial charge in [0.25, 0.3) is 0 Å². The zero-order chi connectivity index (χ0) is 15.8. The maximum absolute atomic E-state index is 9.31. The second-order valence-corrected chi connectivity index (χ2v) is 5.50. The fraction of sp³-hybridized carbons (Fsp3) is 0.368. The SMILES string of the molecule is COc1cc(CCCC(C)O)ccc1OCc1ccccc1. The van der Waals surface area contributed by atoms with Gasteiger partial charge in [-0.15, -0.1) is 0 Å². The summed E-state index contributed by atoms with van der Waals surface area (Å²) in [6.45, 7) is 2.35. The van der Waals surface area contributed by atoms with Crippen molar-refractivity contribution in [3.8, 4) is 11.5 Å². The van der Waals surface area contributed by atoms with Crippen LogP contribution in [0.4, 0.5) is 0 Å². The molecule has 0 aliphatic rings. The van der Waals surface area contributed by atoms with Gasteiger partial charge in [0, 0.05) is 0 Å². The van der Waals surface area contributed by atoms with E-state index in [1.165, 1.54) is 5.56 Å². The summed E-state index contributed by atoms with van der Waals surface area (Å²) in [5.41, 5.74) is 2.33. The van der Waals surface area contributed by atoms with Crippen molar-refractivity contribution in [3.05, 3.63) is 59.7 Å². The number of rotatable bonds is 8. The fourth-order valence-electron chi connectivity index (χ4n) is 2.32. The van der Waals surface area contributed by atoms with Gasteiger partial charge >= 0.3 is 0 Å². The Balaban J connectivity index is 1.96. The molecule has 3 heteroatoms. The second-order valence-electron chi connectivity index (χ2n) is 5.50. The predicted octanol–water partition coefficient (Wildman–Crippen LogP) is 3.98. The highest BCUT2D eigenvalue weighted by atomic mass is 16.5. The van der Waals surface area contributed by atoms with E-state index >= 15 is 0 Å². The van der Waals surface area contributed by atoms with E-state index in [0.717, 1.165) is 36.3 Å². The quantitative estimate of drug-likeness (QED) is 0.801. The van der Waals surface area contributed by atoms with E-state index in [-0.39, 0.29) is 6.10 Å². The highest BCUT2D eigenvalue weighted by Gasteiger charge is 2.07. The Bertz CT molecular complexity index is 564. The third-order valence-electron chi connectivity index (χ3n) is 3.55. The highest BCUT2D eigenvalue weighted by Crippen LogP contribution is 2.29. The van der Waals surface area contributed by atoms with E-state index in [1.807, 2.05) is 49.4 Å². The number of methoxy groups -OCH3 is 1. The van der Waals surface area contributed by atoms with Crippen molar-refractivity contribution in [2.75, 3.05) is 7.11 Å². The first kappa shape index (κ1) is 16.4. The smallest absolute Gasteiger partial charge is 0.161 e. The van der Waals surface area contributed by atoms with Crippen LogP contribution in [0.25, 0.3) is 0 Å². The molecule has 0 aromatic heterocycles. The third-order valence-corrected chi connectivity index (χ3v) is 3.55. The number of aliphatic hydroxyl groups is 1. The van der Waals surface area contributed by atoms with Crippen molar-refractivity contribution in [3.63, 3.8) is 0 Å². The average Bonchev–Trinajstić information content (AvgIpc) is 2.54. The summed E-state index contributed by atoms with van der Waals surface area (Å²) in [7, 11) is 1.66. The Labute approximate surface area is 132 Å². The van der Waals surface area contributed by atoms with Crippen LogP contribution in [0, 0.1) is 0 Å². The molecule has 0 radical (unpaired) electrons. The normalized spacial score (nSPS) is 12.0. The summed E-state index contributed by atoms with van der Waals surface area (Å²) < 4.78 is 11.3. The first-order valence-corrected chi connectivity index (χ1v) is 7.70. The molecule has 1 N–H and O–H groups in total. The van der Waals surface area contributed by atoms with E-state index in [4.69, 9.17) is 9.47 Å². The monoisotopic (exact) mass is 300 g/mol. The van der Waals surface area contributed by atoms with Crippen LogP contribution in [0.5, 0.6) is 11.5 Å². The number of aryl methyl sites for hydroxylation is 1. The topological polar surface area (TPSA) is 38.7 Å². The van der Waals surface area contributed by atoms with Crippen LogP contribution in [0.1, 0.15) is 30.9 Å². The molecular formula is C19H24O3. The van der Waals surface area contributed by atoms with E-state index in [1.54, 1.807) is 7.11 Å². The molecule has 3 nitrogen and oxygen atoms in total. The van der Waals surface area contributed by atoms with Crippen LogP contribution in [0.15, 0.2) is 48.5 Å². The standard InChI is InChI=1S/C19H24O3/c1-15(20)7-6-10-16-11-12-18(19(13-16)21-2)22-14-17-8-4-3-5-9-17/h3-5,8-9,11-13,15,20H,6-7,10,14H2,1-2H3. The van der Waals surface area contributed by atoms with Gasteiger partial charge in [0.05, 0.1) is 13.2 Å². The largest absolute Gasteiger partial charge is 0.493 e. The Morgan fingerprint density at radius 3 is 2.45 bits per heavy atom. The summed E-state index contributed by atoms with van der Waals surface area (Å²) in [5.74, 6) is 1.51. The molecule has 2 aromatic carbocycles. The van der Waals surface area contributed by atoms with Gasteiger partial charge in [0.1, 0.15) is 6.61 Å². The van der Waals surface area contributed by atoms with Crippen molar-refractivity contribution in [2.45, 2.75) is 38.9 Å². The molecule has 0 bridgehead atoms. The van der Waals surface area contributed by atoms with Crippen LogP contribution in [-0.2, 0) is 13.0 Å². The molecule has 0 saturated heterocycles. The van der Waals surface area contributed by atoms with Gasteiger partial charge in [-0.05, 0) is 49.4 Å². The molecule has 2 rings (SSSR count). The van der Waals surface area contributed by atoms with E-state index in [0.29, 0.717) is 6.61 Å². The zero-order valence-corrected chi connectivity index (χ0v) is 13.3. The van der Waals surface area contributed by atoms with Gasteiger partial charge in [-0.2, -0.15) is 0 Å². The predicted molar refractivity (Wildman–Crippen MR) is 88.4 cm³/mol. The Morgan fingerprint density at radius 2 is 1.77 bits per heavy atom. The van der Waals surface area contributed by atoms with E-state index in [9.17, 15) is 5.11 Å². The third kappa shape index (κ3) is 5.08. The summed E-state index contributed by atoms with van der Waals surface area (Å²) in [6.07, 6.45) is 2.47. The zero-order valence-electron chi connectivity index (χ0n) is 13.3. The van der Waals surface area contributed by atoms with Crippen LogP contribution in [0.3, 0.4) is 0 Å². The molecule has 1 unspecified atom stereocenters. The van der Waals surface area contributed by atoms with Crippen molar-refractivity contribution in [1.82, 2.24) is 0 Å². The second kappa shape index (κ2) is 8.44. The Hall–Kier alpha value is -2.00. The minimum atomic E-state index is -0.240. The van der Waals surface area contributed by atoms with Gasteiger partial charge in [0.2, 0.25) is 0 Å². The van der Waals surface area contributed by atoms with Crippen LogP contribution in [0.2, 0.25) is 0 Å². The number of hydrogen-bond acceptors (Lipinski definition) is 3. The van der Waals surface area contributed by atoms with Crippen molar-refractivity contribution >= 4 is 0 Å². The number of hydrogen-bond donors (Lipinski definition) is 1. The molecule has 0 spiro atoms.